The van der Waals surface area contributed by atoms with Crippen LogP contribution in [0, 0.1) is 11.3 Å². The molecule has 4 atom stereocenters. The maximum Gasteiger partial charge on any atom is 0.417 e. The number of carbonyl (C=O) groups is 1. The van der Waals surface area contributed by atoms with Crippen LogP contribution in [0.1, 0.15) is 43.7 Å². The van der Waals surface area contributed by atoms with E-state index >= 15 is 0 Å². The van der Waals surface area contributed by atoms with Crippen molar-refractivity contribution in [3.63, 3.8) is 0 Å². The Hall–Kier alpha value is -1.89. The molecule has 7 heteroatoms. The molecule has 1 spiro atoms. The number of rotatable bonds is 1. The second-order valence-electron chi connectivity index (χ2n) is 7.87. The van der Waals surface area contributed by atoms with Gasteiger partial charge in [0.05, 0.1) is 11.0 Å². The standard InChI is InChI=1S/C19H22F3N3O/c1-11-16-7-12(13-6-14(10-24-9-13)19(20,21)22)3-5-25(16)17(26)18(11)4-2-15(23)8-18/h3,6,9-11,15-16H,2,4-5,7-8,23H2,1H3/t11?,15?,16?,18-/m0/s1. The third-order valence-electron chi connectivity index (χ3n) is 6.52. The molecule has 1 aliphatic carbocycles. The number of aromatic nitrogens is 1. The van der Waals surface area contributed by atoms with E-state index in [1.165, 1.54) is 6.20 Å². The summed E-state index contributed by atoms with van der Waals surface area (Å²) in [5.74, 6) is 0.312. The largest absolute Gasteiger partial charge is 0.417 e. The summed E-state index contributed by atoms with van der Waals surface area (Å²) in [6, 6.07) is 1.22. The van der Waals surface area contributed by atoms with E-state index in [9.17, 15) is 18.0 Å². The normalized spacial score (nSPS) is 34.3. The van der Waals surface area contributed by atoms with Gasteiger partial charge in [-0.3, -0.25) is 9.78 Å². The van der Waals surface area contributed by atoms with Crippen LogP contribution in [-0.2, 0) is 11.0 Å². The molecule has 4 nitrogen and oxygen atoms in total. The zero-order valence-electron chi connectivity index (χ0n) is 14.6. The quantitative estimate of drug-likeness (QED) is 0.831. The van der Waals surface area contributed by atoms with Gasteiger partial charge < -0.3 is 10.6 Å². The molecule has 26 heavy (non-hydrogen) atoms. The van der Waals surface area contributed by atoms with E-state index in [1.54, 1.807) is 0 Å². The fraction of sp³-hybridized carbons (Fsp3) is 0.579. The first-order valence-electron chi connectivity index (χ1n) is 9.01. The third-order valence-corrected chi connectivity index (χ3v) is 6.52. The van der Waals surface area contributed by atoms with Gasteiger partial charge in [-0.15, -0.1) is 0 Å². The number of halogens is 3. The van der Waals surface area contributed by atoms with Crippen molar-refractivity contribution in [3.05, 3.63) is 35.7 Å². The number of nitrogens with two attached hydrogens (primary N) is 1. The Kier molecular flexibility index (Phi) is 3.91. The Labute approximate surface area is 150 Å². The summed E-state index contributed by atoms with van der Waals surface area (Å²) in [5, 5.41) is 0. The highest BCUT2D eigenvalue weighted by atomic mass is 19.4. The molecule has 1 amide bonds. The van der Waals surface area contributed by atoms with Crippen molar-refractivity contribution in [2.75, 3.05) is 6.54 Å². The predicted molar refractivity (Wildman–Crippen MR) is 90.8 cm³/mol. The van der Waals surface area contributed by atoms with Gasteiger partial charge in [-0.25, -0.2) is 0 Å². The molecule has 1 aromatic rings. The van der Waals surface area contributed by atoms with E-state index in [4.69, 9.17) is 5.73 Å². The van der Waals surface area contributed by atoms with E-state index in [0.717, 1.165) is 30.7 Å². The monoisotopic (exact) mass is 365 g/mol. The van der Waals surface area contributed by atoms with Gasteiger partial charge in [0, 0.05) is 31.0 Å². The molecule has 1 saturated heterocycles. The molecule has 3 aliphatic rings. The first kappa shape index (κ1) is 17.5. The second-order valence-corrected chi connectivity index (χ2v) is 7.87. The highest BCUT2D eigenvalue weighted by Gasteiger charge is 2.59. The zero-order chi connectivity index (χ0) is 18.7. The molecule has 2 fully saturated rings. The van der Waals surface area contributed by atoms with Gasteiger partial charge in [0.25, 0.3) is 0 Å². The van der Waals surface area contributed by atoms with Crippen molar-refractivity contribution in [1.82, 2.24) is 9.88 Å². The van der Waals surface area contributed by atoms with E-state index in [1.807, 2.05) is 11.0 Å². The lowest BCUT2D eigenvalue weighted by Gasteiger charge is -2.32. The Morgan fingerprint density at radius 1 is 1.35 bits per heavy atom. The first-order valence-corrected chi connectivity index (χ1v) is 9.01. The van der Waals surface area contributed by atoms with Crippen LogP contribution in [0.2, 0.25) is 0 Å². The van der Waals surface area contributed by atoms with Gasteiger partial charge in [0.1, 0.15) is 0 Å². The minimum atomic E-state index is -4.41. The van der Waals surface area contributed by atoms with Crippen molar-refractivity contribution >= 4 is 11.5 Å². The molecule has 3 heterocycles. The Bertz CT molecular complexity index is 776. The van der Waals surface area contributed by atoms with Gasteiger partial charge >= 0.3 is 6.18 Å². The number of hydrogen-bond acceptors (Lipinski definition) is 3. The fourth-order valence-corrected chi connectivity index (χ4v) is 5.02. The van der Waals surface area contributed by atoms with Crippen molar-refractivity contribution < 1.29 is 18.0 Å². The number of hydrogen-bond donors (Lipinski definition) is 1. The van der Waals surface area contributed by atoms with E-state index in [-0.39, 0.29) is 29.3 Å². The van der Waals surface area contributed by atoms with E-state index in [2.05, 4.69) is 11.9 Å². The Morgan fingerprint density at radius 2 is 2.12 bits per heavy atom. The number of carbonyl (C=O) groups excluding carboxylic acids is 1. The molecule has 1 saturated carbocycles. The first-order chi connectivity index (χ1) is 12.2. The lowest BCUT2D eigenvalue weighted by Crippen LogP contribution is -2.38. The molecule has 2 aliphatic heterocycles. The van der Waals surface area contributed by atoms with Crippen LogP contribution in [-0.4, -0.2) is 34.4 Å². The molecule has 0 radical (unpaired) electrons. The molecular weight excluding hydrogens is 343 g/mol. The average Bonchev–Trinajstić information content (AvgIpc) is 3.10. The molecule has 4 rings (SSSR count). The molecule has 1 aromatic heterocycles. The average molecular weight is 365 g/mol. The van der Waals surface area contributed by atoms with Gasteiger partial charge in [0.15, 0.2) is 0 Å². The van der Waals surface area contributed by atoms with E-state index in [0.29, 0.717) is 24.9 Å². The van der Waals surface area contributed by atoms with Crippen LogP contribution in [0.25, 0.3) is 5.57 Å². The predicted octanol–water partition coefficient (Wildman–Crippen LogP) is 3.23. The van der Waals surface area contributed by atoms with Crippen LogP contribution in [0.3, 0.4) is 0 Å². The number of amides is 1. The van der Waals surface area contributed by atoms with Crippen molar-refractivity contribution in [1.29, 1.82) is 0 Å². The van der Waals surface area contributed by atoms with Gasteiger partial charge in [0.2, 0.25) is 5.91 Å². The smallest absolute Gasteiger partial charge is 0.335 e. The van der Waals surface area contributed by atoms with Crippen LogP contribution < -0.4 is 5.73 Å². The summed E-state index contributed by atoms with van der Waals surface area (Å²) >= 11 is 0. The summed E-state index contributed by atoms with van der Waals surface area (Å²) < 4.78 is 38.9. The fourth-order valence-electron chi connectivity index (χ4n) is 5.02. The highest BCUT2D eigenvalue weighted by Crippen LogP contribution is 2.54. The third kappa shape index (κ3) is 2.55. The Morgan fingerprint density at radius 3 is 2.77 bits per heavy atom. The molecule has 0 bridgehead atoms. The van der Waals surface area contributed by atoms with Crippen molar-refractivity contribution in [3.8, 4) is 0 Å². The second kappa shape index (κ2) is 5.81. The number of alkyl halides is 3. The topological polar surface area (TPSA) is 59.2 Å². The van der Waals surface area contributed by atoms with Gasteiger partial charge in [-0.1, -0.05) is 13.0 Å². The summed E-state index contributed by atoms with van der Waals surface area (Å²) in [6.07, 6.45) is 2.70. The summed E-state index contributed by atoms with van der Waals surface area (Å²) in [4.78, 5) is 18.7. The van der Waals surface area contributed by atoms with Gasteiger partial charge in [-0.05, 0) is 48.8 Å². The summed E-state index contributed by atoms with van der Waals surface area (Å²) in [6.45, 7) is 2.53. The molecule has 3 unspecified atom stereocenters. The molecule has 0 aromatic carbocycles. The molecule has 140 valence electrons. The van der Waals surface area contributed by atoms with E-state index < -0.39 is 11.7 Å². The molecular formula is C19H22F3N3O. The Balaban J connectivity index is 1.62. The van der Waals surface area contributed by atoms with Crippen molar-refractivity contribution in [2.24, 2.45) is 17.1 Å². The number of pyridine rings is 1. The summed E-state index contributed by atoms with van der Waals surface area (Å²) in [5.41, 5.74) is 6.27. The van der Waals surface area contributed by atoms with Crippen molar-refractivity contribution in [2.45, 2.75) is 50.9 Å². The lowest BCUT2D eigenvalue weighted by atomic mass is 9.73. The van der Waals surface area contributed by atoms with Crippen LogP contribution >= 0.6 is 0 Å². The SMILES string of the molecule is CC1C2CC(c3cncc(C(F)(F)F)c3)=CCN2C(=O)[C@]12CCC(N)C2. The number of fused-ring (bicyclic) bond motifs is 1. The maximum atomic E-state index is 13.0. The molecule has 2 N–H and O–H groups in total. The summed E-state index contributed by atoms with van der Waals surface area (Å²) in [7, 11) is 0. The van der Waals surface area contributed by atoms with Crippen LogP contribution in [0.5, 0.6) is 0 Å². The number of nitrogens with zero attached hydrogens (tertiary/aromatic N) is 2. The van der Waals surface area contributed by atoms with Crippen LogP contribution in [0.15, 0.2) is 24.5 Å². The highest BCUT2D eigenvalue weighted by molar-refractivity contribution is 5.88. The van der Waals surface area contributed by atoms with Gasteiger partial charge in [-0.2, -0.15) is 13.2 Å². The minimum Gasteiger partial charge on any atom is -0.335 e. The lowest BCUT2D eigenvalue weighted by molar-refractivity contribution is -0.138. The maximum absolute atomic E-state index is 13.0. The minimum absolute atomic E-state index is 0.0161. The van der Waals surface area contributed by atoms with Crippen LogP contribution in [0.4, 0.5) is 13.2 Å². The zero-order valence-corrected chi connectivity index (χ0v) is 14.6.